The second-order valence-electron chi connectivity index (χ2n) is 5.54. The van der Waals surface area contributed by atoms with Crippen LogP contribution < -0.4 is 10.1 Å². The van der Waals surface area contributed by atoms with Gasteiger partial charge in [0.25, 0.3) is 5.91 Å². The van der Waals surface area contributed by atoms with Gasteiger partial charge >= 0.3 is 12.8 Å². The zero-order chi connectivity index (χ0) is 20.6. The Bertz CT molecular complexity index is 1030. The number of amides is 1. The first-order valence-electron chi connectivity index (χ1n) is 7.83. The lowest BCUT2D eigenvalue weighted by Gasteiger charge is -2.09. The van der Waals surface area contributed by atoms with Gasteiger partial charge in [0.2, 0.25) is 5.69 Å². The first-order chi connectivity index (χ1) is 13.1. The summed E-state index contributed by atoms with van der Waals surface area (Å²) in [6, 6.07) is 2.13. The molecule has 7 nitrogen and oxygen atoms in total. The third kappa shape index (κ3) is 3.62. The molecule has 2 heterocycles. The van der Waals surface area contributed by atoms with Crippen molar-refractivity contribution in [1.29, 1.82) is 0 Å². The van der Waals surface area contributed by atoms with E-state index in [4.69, 9.17) is 4.42 Å². The molecule has 1 amide bonds. The standard InChI is InChI=1S/C16H12F5N3O4/c1-3-9-22-11-8(26-15(17)18)5-4-7(12(11)27-9)14(25)23-10-6(2)28-24-13(10)16(19,20)21/h4-5,15H,3H2,1-2H3,(H,23,25). The lowest BCUT2D eigenvalue weighted by molar-refractivity contribution is -0.142. The van der Waals surface area contributed by atoms with E-state index in [0.29, 0.717) is 0 Å². The smallest absolute Gasteiger partial charge is 0.438 e. The number of fused-ring (bicyclic) bond motifs is 1. The normalized spacial score (nSPS) is 12.0. The molecule has 28 heavy (non-hydrogen) atoms. The van der Waals surface area contributed by atoms with E-state index in [0.717, 1.165) is 12.1 Å². The van der Waals surface area contributed by atoms with Crippen molar-refractivity contribution in [2.45, 2.75) is 33.1 Å². The number of hydrogen-bond donors (Lipinski definition) is 1. The molecule has 12 heteroatoms. The second-order valence-corrected chi connectivity index (χ2v) is 5.54. The topological polar surface area (TPSA) is 90.4 Å². The van der Waals surface area contributed by atoms with E-state index in [-0.39, 0.29) is 40.5 Å². The number of hydrogen-bond acceptors (Lipinski definition) is 6. The number of oxazole rings is 1. The highest BCUT2D eigenvalue weighted by Gasteiger charge is 2.39. The molecule has 0 saturated heterocycles. The SMILES string of the molecule is CCc1nc2c(OC(F)F)ccc(C(=O)Nc3c(C(F)(F)F)noc3C)c2o1. The molecule has 3 rings (SSSR count). The summed E-state index contributed by atoms with van der Waals surface area (Å²) in [7, 11) is 0. The fourth-order valence-corrected chi connectivity index (χ4v) is 2.44. The summed E-state index contributed by atoms with van der Waals surface area (Å²) >= 11 is 0. The Morgan fingerprint density at radius 1 is 1.32 bits per heavy atom. The van der Waals surface area contributed by atoms with Gasteiger partial charge in [-0.15, -0.1) is 0 Å². The lowest BCUT2D eigenvalue weighted by Crippen LogP contribution is -2.17. The maximum absolute atomic E-state index is 13.0. The first-order valence-corrected chi connectivity index (χ1v) is 7.83. The summed E-state index contributed by atoms with van der Waals surface area (Å²) in [6.45, 7) is -0.274. The van der Waals surface area contributed by atoms with Crippen LogP contribution in [0.1, 0.15) is 34.6 Å². The Morgan fingerprint density at radius 2 is 2.04 bits per heavy atom. The van der Waals surface area contributed by atoms with Gasteiger partial charge in [-0.25, -0.2) is 4.98 Å². The van der Waals surface area contributed by atoms with E-state index in [1.165, 1.54) is 6.92 Å². The van der Waals surface area contributed by atoms with Crippen LogP contribution in [-0.4, -0.2) is 22.7 Å². The fraction of sp³-hybridized carbons (Fsp3) is 0.312. The molecule has 150 valence electrons. The van der Waals surface area contributed by atoms with Gasteiger partial charge in [0.1, 0.15) is 5.69 Å². The van der Waals surface area contributed by atoms with Crippen molar-refractivity contribution >= 4 is 22.7 Å². The highest BCUT2D eigenvalue weighted by molar-refractivity contribution is 6.12. The van der Waals surface area contributed by atoms with E-state index in [2.05, 4.69) is 24.7 Å². The summed E-state index contributed by atoms with van der Waals surface area (Å²) in [4.78, 5) is 16.5. The first kappa shape index (κ1) is 19.6. The molecule has 2 aromatic heterocycles. The number of nitrogens with one attached hydrogen (secondary N) is 1. The van der Waals surface area contributed by atoms with Crippen LogP contribution in [0.4, 0.5) is 27.6 Å². The van der Waals surface area contributed by atoms with Gasteiger partial charge in [0.05, 0.1) is 5.56 Å². The van der Waals surface area contributed by atoms with E-state index < -0.39 is 30.1 Å². The number of carbonyl (C=O) groups excluding carboxylic acids is 1. The van der Waals surface area contributed by atoms with Crippen molar-refractivity contribution in [3.63, 3.8) is 0 Å². The van der Waals surface area contributed by atoms with Gasteiger partial charge in [0, 0.05) is 6.42 Å². The van der Waals surface area contributed by atoms with E-state index >= 15 is 0 Å². The number of alkyl halides is 5. The Kier molecular flexibility index (Phi) is 4.96. The minimum atomic E-state index is -4.85. The van der Waals surface area contributed by atoms with Crippen molar-refractivity contribution in [3.05, 3.63) is 35.0 Å². The molecule has 0 saturated carbocycles. The van der Waals surface area contributed by atoms with Crippen LogP contribution in [0.2, 0.25) is 0 Å². The average molecular weight is 405 g/mol. The van der Waals surface area contributed by atoms with Crippen LogP contribution in [0.5, 0.6) is 5.75 Å². The van der Waals surface area contributed by atoms with Gasteiger partial charge in [-0.3, -0.25) is 4.79 Å². The van der Waals surface area contributed by atoms with Crippen LogP contribution in [-0.2, 0) is 12.6 Å². The Morgan fingerprint density at radius 3 is 2.64 bits per heavy atom. The van der Waals surface area contributed by atoms with Crippen LogP contribution in [0, 0.1) is 6.92 Å². The number of aromatic nitrogens is 2. The van der Waals surface area contributed by atoms with Gasteiger partial charge in [-0.2, -0.15) is 22.0 Å². The van der Waals surface area contributed by atoms with Crippen LogP contribution >= 0.6 is 0 Å². The van der Waals surface area contributed by atoms with Gasteiger partial charge in [0.15, 0.2) is 28.5 Å². The van der Waals surface area contributed by atoms with Crippen molar-refractivity contribution in [1.82, 2.24) is 10.1 Å². The number of anilines is 1. The van der Waals surface area contributed by atoms with Crippen LogP contribution in [0.3, 0.4) is 0 Å². The quantitative estimate of drug-likeness (QED) is 0.626. The molecule has 0 aliphatic heterocycles. The molecule has 0 aliphatic rings. The molecule has 0 spiro atoms. The summed E-state index contributed by atoms with van der Waals surface area (Å²) < 4.78 is 78.4. The minimum absolute atomic E-state index is 0.131. The fourth-order valence-electron chi connectivity index (χ4n) is 2.44. The highest BCUT2D eigenvalue weighted by Crippen LogP contribution is 2.36. The van der Waals surface area contributed by atoms with E-state index in [1.54, 1.807) is 6.92 Å². The Hall–Kier alpha value is -3.18. The zero-order valence-corrected chi connectivity index (χ0v) is 14.4. The highest BCUT2D eigenvalue weighted by atomic mass is 19.4. The molecule has 0 radical (unpaired) electrons. The van der Waals surface area contributed by atoms with Crippen molar-refractivity contribution < 1.29 is 40.4 Å². The van der Waals surface area contributed by atoms with Gasteiger partial charge in [-0.05, 0) is 19.1 Å². The number of aryl methyl sites for hydroxylation is 2. The number of rotatable bonds is 5. The molecule has 3 aromatic rings. The minimum Gasteiger partial charge on any atom is -0.440 e. The monoisotopic (exact) mass is 405 g/mol. The second kappa shape index (κ2) is 7.09. The third-order valence-electron chi connectivity index (χ3n) is 3.68. The summed E-state index contributed by atoms with van der Waals surface area (Å²) in [5.41, 5.74) is -2.64. The molecule has 0 fully saturated rings. The molecular formula is C16H12F5N3O4. The van der Waals surface area contributed by atoms with Crippen molar-refractivity contribution in [2.24, 2.45) is 0 Å². The maximum Gasteiger partial charge on any atom is 0.438 e. The molecule has 0 aliphatic carbocycles. The van der Waals surface area contributed by atoms with E-state index in [9.17, 15) is 26.7 Å². The molecule has 0 atom stereocenters. The summed E-state index contributed by atoms with van der Waals surface area (Å²) in [5, 5.41) is 4.98. The summed E-state index contributed by atoms with van der Waals surface area (Å²) in [6.07, 6.45) is -4.57. The number of nitrogens with zero attached hydrogens (tertiary/aromatic N) is 2. The predicted molar refractivity (Wildman–Crippen MR) is 84.2 cm³/mol. The Balaban J connectivity index is 2.04. The van der Waals surface area contributed by atoms with Crippen molar-refractivity contribution in [3.8, 4) is 5.75 Å². The average Bonchev–Trinajstić information content (AvgIpc) is 3.18. The molecule has 0 bridgehead atoms. The number of carbonyl (C=O) groups is 1. The summed E-state index contributed by atoms with van der Waals surface area (Å²) in [5.74, 6) is -1.46. The number of benzene rings is 1. The van der Waals surface area contributed by atoms with Crippen LogP contribution in [0.25, 0.3) is 11.1 Å². The molecule has 1 aromatic carbocycles. The zero-order valence-electron chi connectivity index (χ0n) is 14.4. The molecule has 0 unspecified atom stereocenters. The van der Waals surface area contributed by atoms with Crippen molar-refractivity contribution in [2.75, 3.05) is 5.32 Å². The largest absolute Gasteiger partial charge is 0.440 e. The van der Waals surface area contributed by atoms with Gasteiger partial charge in [-0.1, -0.05) is 12.1 Å². The lowest BCUT2D eigenvalue weighted by atomic mass is 10.1. The number of ether oxygens (including phenoxy) is 1. The maximum atomic E-state index is 13.0. The molecular weight excluding hydrogens is 393 g/mol. The predicted octanol–water partition coefficient (Wildman–Crippen LogP) is 4.56. The Labute approximate surface area is 153 Å². The molecule has 1 N–H and O–H groups in total. The number of halogens is 5. The van der Waals surface area contributed by atoms with E-state index in [1.807, 2.05) is 0 Å². The van der Waals surface area contributed by atoms with Gasteiger partial charge < -0.3 is 19.0 Å². The van der Waals surface area contributed by atoms with Crippen LogP contribution in [0.15, 0.2) is 21.1 Å². The third-order valence-corrected chi connectivity index (χ3v) is 3.68.